The molecule has 2 unspecified atom stereocenters. The molecule has 0 saturated carbocycles. The van der Waals surface area contributed by atoms with Crippen molar-refractivity contribution in [3.63, 3.8) is 0 Å². The Morgan fingerprint density at radius 2 is 1.02 bits per heavy atom. The highest BCUT2D eigenvalue weighted by atomic mass is 35.5. The normalized spacial score (nSPS) is 22.0. The lowest BCUT2D eigenvalue weighted by Crippen LogP contribution is -2.64. The van der Waals surface area contributed by atoms with Crippen LogP contribution in [-0.4, -0.2) is 71.7 Å². The zero-order chi connectivity index (χ0) is 35.0. The minimum Gasteiger partial charge on any atom is -0.374 e. The van der Waals surface area contributed by atoms with E-state index in [1.54, 1.807) is 0 Å². The second-order valence-corrected chi connectivity index (χ2v) is 14.6. The zero-order valence-electron chi connectivity index (χ0n) is 27.8. The summed E-state index contributed by atoms with van der Waals surface area (Å²) in [5.74, 6) is 0.271. The molecule has 0 radical (unpaired) electrons. The van der Waals surface area contributed by atoms with Crippen LogP contribution < -0.4 is 5.09 Å². The molecule has 1 aliphatic heterocycles. The molecule has 1 aliphatic rings. The van der Waals surface area contributed by atoms with Gasteiger partial charge in [0.15, 0.2) is 0 Å². The lowest BCUT2D eigenvalue weighted by atomic mass is 9.97. The van der Waals surface area contributed by atoms with Gasteiger partial charge in [-0.3, -0.25) is 4.57 Å². The quantitative estimate of drug-likeness (QED) is 0.0723. The molecule has 1 saturated heterocycles. The van der Waals surface area contributed by atoms with Gasteiger partial charge in [0.05, 0.1) is 33.0 Å². The van der Waals surface area contributed by atoms with Crippen molar-refractivity contribution in [3.8, 4) is 0 Å². The maximum absolute atomic E-state index is 14.0. The van der Waals surface area contributed by atoms with Crippen molar-refractivity contribution in [2.45, 2.75) is 57.1 Å². The topological polar surface area (TPSA) is 98.7 Å². The molecule has 0 bridgehead atoms. The van der Waals surface area contributed by atoms with E-state index in [-0.39, 0.29) is 51.3 Å². The van der Waals surface area contributed by atoms with E-state index in [9.17, 15) is 9.46 Å². The number of halogens is 2. The summed E-state index contributed by atoms with van der Waals surface area (Å²) >= 11 is 12.1. The molecule has 5 rings (SSSR count). The molecule has 4 aromatic carbocycles. The summed E-state index contributed by atoms with van der Waals surface area (Å²) in [7, 11) is -4.25. The summed E-state index contributed by atoms with van der Waals surface area (Å²) in [4.78, 5) is 11.4. The summed E-state index contributed by atoms with van der Waals surface area (Å²) in [6.07, 6.45) is -4.15. The van der Waals surface area contributed by atoms with Crippen LogP contribution in [0.5, 0.6) is 0 Å². The van der Waals surface area contributed by atoms with Crippen molar-refractivity contribution in [1.82, 2.24) is 9.76 Å². The molecule has 12 heteroatoms. The Kier molecular flexibility index (Phi) is 15.8. The van der Waals surface area contributed by atoms with Gasteiger partial charge >= 0.3 is 7.67 Å². The highest BCUT2D eigenvalue weighted by Crippen LogP contribution is 2.43. The second-order valence-electron chi connectivity index (χ2n) is 11.9. The summed E-state index contributed by atoms with van der Waals surface area (Å²) in [5, 5.41) is 2.89. The molecule has 1 heterocycles. The second kappa shape index (κ2) is 20.4. The molecule has 0 aliphatic carbocycles. The number of hydrogen-bond acceptors (Lipinski definition) is 6. The van der Waals surface area contributed by atoms with Crippen LogP contribution in [0.4, 0.5) is 0 Å². The number of nitrogens with zero attached hydrogens (tertiary/aromatic N) is 1. The molecule has 9 nitrogen and oxygen atoms in total. The first-order valence-electron chi connectivity index (χ1n) is 16.7. The Hall–Kier alpha value is -2.63. The molecule has 6 atom stereocenters. The minimum absolute atomic E-state index is 0.117. The fourth-order valence-corrected chi connectivity index (χ4v) is 7.81. The molecule has 0 amide bonds. The van der Waals surface area contributed by atoms with E-state index in [2.05, 4.69) is 5.09 Å². The molecule has 0 aromatic heterocycles. The van der Waals surface area contributed by atoms with Crippen LogP contribution in [0.3, 0.4) is 0 Å². The highest BCUT2D eigenvalue weighted by Gasteiger charge is 2.50. The molecule has 4 aromatic rings. The maximum atomic E-state index is 14.0. The van der Waals surface area contributed by atoms with Crippen molar-refractivity contribution >= 4 is 30.9 Å². The van der Waals surface area contributed by atoms with E-state index in [1.807, 2.05) is 121 Å². The first kappa shape index (κ1) is 38.6. The van der Waals surface area contributed by atoms with Crippen molar-refractivity contribution in [3.05, 3.63) is 144 Å². The van der Waals surface area contributed by atoms with Crippen LogP contribution in [0.2, 0.25) is 0 Å². The molecule has 268 valence electrons. The predicted octanol–water partition coefficient (Wildman–Crippen LogP) is 7.15. The predicted molar refractivity (Wildman–Crippen MR) is 196 cm³/mol. The smallest absolute Gasteiger partial charge is 0.343 e. The summed E-state index contributed by atoms with van der Waals surface area (Å²) in [5.41, 5.74) is 3.84. The summed E-state index contributed by atoms with van der Waals surface area (Å²) < 4.78 is 48.2. The minimum atomic E-state index is -4.25. The number of benzene rings is 4. The number of ether oxygens (including phenoxy) is 5. The van der Waals surface area contributed by atoms with Crippen LogP contribution in [0.25, 0.3) is 0 Å². The van der Waals surface area contributed by atoms with Gasteiger partial charge in [-0.05, 0) is 22.3 Å². The van der Waals surface area contributed by atoms with E-state index in [0.717, 1.165) is 22.3 Å². The van der Waals surface area contributed by atoms with Gasteiger partial charge in [-0.1, -0.05) is 121 Å². The van der Waals surface area contributed by atoms with Crippen LogP contribution in [-0.2, 0) is 54.7 Å². The van der Waals surface area contributed by atoms with Gasteiger partial charge in [0, 0.05) is 24.8 Å². The zero-order valence-corrected chi connectivity index (χ0v) is 30.3. The van der Waals surface area contributed by atoms with Crippen molar-refractivity contribution in [2.24, 2.45) is 0 Å². The van der Waals surface area contributed by atoms with Crippen LogP contribution in [0, 0.1) is 0 Å². The Morgan fingerprint density at radius 3 is 1.46 bits per heavy atom. The van der Waals surface area contributed by atoms with E-state index in [4.69, 9.17) is 46.9 Å². The average Bonchev–Trinajstić information content (AvgIpc) is 3.14. The summed E-state index contributed by atoms with van der Waals surface area (Å²) in [6.45, 7) is 1.44. The molecule has 1 fully saturated rings. The fourth-order valence-electron chi connectivity index (χ4n) is 5.72. The standard InChI is InChI=1S/C38H45Cl2N2O7P/c39-21-23-42(24-22-40)50(43,44)41-38-37(48-28-33-19-11-4-12-20-33)36(47-27-32-17-9-3-10-18-32)35(46-26-31-15-7-2-8-16-31)34(49-38)29-45-25-30-13-5-1-6-14-30/h1-20,34-38H,21-29H2,(H2,41,43,44)/t34-,35-,36+,37-,38?/m1/s1. The number of hydrogen-bond donors (Lipinski definition) is 2. The Labute approximate surface area is 304 Å². The van der Waals surface area contributed by atoms with Crippen LogP contribution in [0.1, 0.15) is 22.3 Å². The van der Waals surface area contributed by atoms with E-state index in [0.29, 0.717) is 6.61 Å². The Morgan fingerprint density at radius 1 is 0.620 bits per heavy atom. The monoisotopic (exact) mass is 742 g/mol. The third kappa shape index (κ3) is 11.7. The first-order valence-corrected chi connectivity index (χ1v) is 19.4. The average molecular weight is 744 g/mol. The third-order valence-corrected chi connectivity index (χ3v) is 10.3. The number of rotatable bonds is 20. The lowest BCUT2D eigenvalue weighted by Gasteiger charge is -2.47. The molecular weight excluding hydrogens is 698 g/mol. The van der Waals surface area contributed by atoms with Crippen molar-refractivity contribution < 1.29 is 33.1 Å². The molecular formula is C38H45Cl2N2O7P. The largest absolute Gasteiger partial charge is 0.374 e. The molecule has 2 N–H and O–H groups in total. The lowest BCUT2D eigenvalue weighted by molar-refractivity contribution is -0.275. The van der Waals surface area contributed by atoms with Crippen LogP contribution in [0.15, 0.2) is 121 Å². The Bertz CT molecular complexity index is 1560. The van der Waals surface area contributed by atoms with E-state index in [1.165, 1.54) is 4.67 Å². The fraction of sp³-hybridized carbons (Fsp3) is 0.368. The van der Waals surface area contributed by atoms with Gasteiger partial charge in [-0.2, -0.15) is 0 Å². The van der Waals surface area contributed by atoms with E-state index < -0.39 is 38.3 Å². The maximum Gasteiger partial charge on any atom is 0.343 e. The van der Waals surface area contributed by atoms with Gasteiger partial charge in [0.1, 0.15) is 30.6 Å². The van der Waals surface area contributed by atoms with Gasteiger partial charge < -0.3 is 28.6 Å². The van der Waals surface area contributed by atoms with Crippen molar-refractivity contribution in [1.29, 1.82) is 0 Å². The number of nitrogens with one attached hydrogen (secondary N) is 1. The van der Waals surface area contributed by atoms with Crippen LogP contribution >= 0.6 is 30.9 Å². The van der Waals surface area contributed by atoms with Gasteiger partial charge in [0.25, 0.3) is 0 Å². The van der Waals surface area contributed by atoms with Gasteiger partial charge in [-0.15, -0.1) is 23.2 Å². The Balaban J connectivity index is 1.49. The molecule has 50 heavy (non-hydrogen) atoms. The SMILES string of the molecule is O=P(O)(NC1O[C@H](COCc2ccccc2)[C@@H](OCc2ccccc2)[C@H](OCc2ccccc2)[C@H]1OCc1ccccc1)N(CCCl)CCCl. The first-order chi connectivity index (χ1) is 24.5. The van der Waals surface area contributed by atoms with E-state index >= 15 is 0 Å². The summed E-state index contributed by atoms with van der Waals surface area (Å²) in [6, 6.07) is 39.2. The van der Waals surface area contributed by atoms with Gasteiger partial charge in [-0.25, -0.2) is 9.76 Å². The van der Waals surface area contributed by atoms with Crippen molar-refractivity contribution in [2.75, 3.05) is 31.5 Å². The van der Waals surface area contributed by atoms with Gasteiger partial charge in [0.2, 0.25) is 0 Å². The third-order valence-electron chi connectivity index (χ3n) is 8.25. The highest BCUT2D eigenvalue weighted by molar-refractivity contribution is 7.53. The molecule has 0 spiro atoms. The number of alkyl halides is 2.